The minimum absolute atomic E-state index is 0.00701. The van der Waals surface area contributed by atoms with Crippen LogP contribution in [0.2, 0.25) is 0 Å². The predicted molar refractivity (Wildman–Crippen MR) is 80.7 cm³/mol. The maximum Gasteiger partial charge on any atom is 0.246 e. The van der Waals surface area contributed by atoms with Crippen LogP contribution in [0, 0.1) is 11.8 Å². The maximum absolute atomic E-state index is 12.9. The van der Waals surface area contributed by atoms with E-state index in [9.17, 15) is 9.59 Å². The highest BCUT2D eigenvalue weighted by atomic mass is 16.5. The molecule has 0 aromatic carbocycles. The standard InChI is InChI=1S/C16H28N2O3/c1-10(2)13-14(19)18(11(3)8-9-21-5)16(4,12-6-7-12)15(20)17-13/h10-13H,6-9H2,1-5H3,(H,17,20). The minimum atomic E-state index is -0.699. The van der Waals surface area contributed by atoms with Crippen molar-refractivity contribution in [2.45, 2.75) is 64.6 Å². The summed E-state index contributed by atoms with van der Waals surface area (Å²) in [5.41, 5.74) is -0.699. The molecule has 1 saturated heterocycles. The zero-order valence-electron chi connectivity index (χ0n) is 13.8. The number of nitrogens with zero attached hydrogens (tertiary/aromatic N) is 1. The van der Waals surface area contributed by atoms with E-state index in [-0.39, 0.29) is 23.8 Å². The lowest BCUT2D eigenvalue weighted by Gasteiger charge is -2.50. The van der Waals surface area contributed by atoms with Crippen LogP contribution in [0.5, 0.6) is 0 Å². The third kappa shape index (κ3) is 2.80. The molecule has 120 valence electrons. The number of carbonyl (C=O) groups is 2. The third-order valence-electron chi connectivity index (χ3n) is 4.97. The zero-order valence-corrected chi connectivity index (χ0v) is 13.8. The van der Waals surface area contributed by atoms with Crippen molar-refractivity contribution in [3.05, 3.63) is 0 Å². The maximum atomic E-state index is 12.9. The molecular formula is C16H28N2O3. The summed E-state index contributed by atoms with van der Waals surface area (Å²) in [4.78, 5) is 27.5. The van der Waals surface area contributed by atoms with Crippen LogP contribution in [0.4, 0.5) is 0 Å². The third-order valence-corrected chi connectivity index (χ3v) is 4.97. The molecule has 0 radical (unpaired) electrons. The van der Waals surface area contributed by atoms with Gasteiger partial charge in [-0.2, -0.15) is 0 Å². The van der Waals surface area contributed by atoms with Gasteiger partial charge in [0.05, 0.1) is 0 Å². The van der Waals surface area contributed by atoms with Crippen LogP contribution in [0.25, 0.3) is 0 Å². The Morgan fingerprint density at radius 2 is 1.95 bits per heavy atom. The average molecular weight is 296 g/mol. The molecular weight excluding hydrogens is 268 g/mol. The van der Waals surface area contributed by atoms with Crippen molar-refractivity contribution in [3.63, 3.8) is 0 Å². The molecule has 0 aromatic heterocycles. The monoisotopic (exact) mass is 296 g/mol. The highest BCUT2D eigenvalue weighted by molar-refractivity contribution is 6.00. The van der Waals surface area contributed by atoms with Crippen LogP contribution in [-0.2, 0) is 14.3 Å². The van der Waals surface area contributed by atoms with Crippen molar-refractivity contribution >= 4 is 11.8 Å². The van der Waals surface area contributed by atoms with Gasteiger partial charge in [-0.05, 0) is 44.9 Å². The second-order valence-electron chi connectivity index (χ2n) is 6.96. The van der Waals surface area contributed by atoms with Gasteiger partial charge in [-0.15, -0.1) is 0 Å². The zero-order chi connectivity index (χ0) is 15.8. The fourth-order valence-electron chi connectivity index (χ4n) is 3.41. The van der Waals surface area contributed by atoms with E-state index in [1.54, 1.807) is 7.11 Å². The Morgan fingerprint density at radius 3 is 2.43 bits per heavy atom. The molecule has 1 saturated carbocycles. The van der Waals surface area contributed by atoms with Gasteiger partial charge in [0.25, 0.3) is 0 Å². The van der Waals surface area contributed by atoms with E-state index in [1.165, 1.54) is 0 Å². The molecule has 21 heavy (non-hydrogen) atoms. The van der Waals surface area contributed by atoms with E-state index in [0.29, 0.717) is 12.5 Å². The summed E-state index contributed by atoms with van der Waals surface area (Å²) in [6.07, 6.45) is 2.80. The van der Waals surface area contributed by atoms with Crippen LogP contribution in [0.1, 0.15) is 47.0 Å². The number of nitrogens with one attached hydrogen (secondary N) is 1. The Balaban J connectivity index is 2.30. The number of amides is 2. The molecule has 0 bridgehead atoms. The number of hydrogen-bond donors (Lipinski definition) is 1. The van der Waals surface area contributed by atoms with Crippen LogP contribution in [0.15, 0.2) is 0 Å². The molecule has 2 aliphatic rings. The van der Waals surface area contributed by atoms with E-state index in [4.69, 9.17) is 4.74 Å². The van der Waals surface area contributed by atoms with Gasteiger partial charge in [-0.1, -0.05) is 13.8 Å². The van der Waals surface area contributed by atoms with Crippen LogP contribution in [-0.4, -0.2) is 48.1 Å². The quantitative estimate of drug-likeness (QED) is 0.809. The number of carbonyl (C=O) groups excluding carboxylic acids is 2. The first-order chi connectivity index (χ1) is 9.83. The highest BCUT2D eigenvalue weighted by Gasteiger charge is 2.58. The first-order valence-electron chi connectivity index (χ1n) is 7.97. The molecule has 1 heterocycles. The first kappa shape index (κ1) is 16.3. The van der Waals surface area contributed by atoms with Crippen LogP contribution < -0.4 is 5.32 Å². The predicted octanol–water partition coefficient (Wildman–Crippen LogP) is 1.56. The Labute approximate surface area is 127 Å². The Kier molecular flexibility index (Phi) is 4.61. The number of rotatable bonds is 6. The molecule has 3 atom stereocenters. The number of piperazine rings is 1. The lowest BCUT2D eigenvalue weighted by molar-refractivity contribution is -0.163. The van der Waals surface area contributed by atoms with Crippen LogP contribution in [0.3, 0.4) is 0 Å². The van der Waals surface area contributed by atoms with Gasteiger partial charge in [0.1, 0.15) is 11.6 Å². The second kappa shape index (κ2) is 5.95. The molecule has 5 heteroatoms. The van der Waals surface area contributed by atoms with Crippen molar-refractivity contribution in [2.24, 2.45) is 11.8 Å². The van der Waals surface area contributed by atoms with Gasteiger partial charge < -0.3 is 15.0 Å². The van der Waals surface area contributed by atoms with Crippen molar-refractivity contribution in [1.29, 1.82) is 0 Å². The van der Waals surface area contributed by atoms with Gasteiger partial charge in [0, 0.05) is 19.8 Å². The smallest absolute Gasteiger partial charge is 0.246 e. The number of methoxy groups -OCH3 is 1. The van der Waals surface area contributed by atoms with Gasteiger partial charge in [0.2, 0.25) is 11.8 Å². The largest absolute Gasteiger partial charge is 0.385 e. The van der Waals surface area contributed by atoms with E-state index in [0.717, 1.165) is 19.3 Å². The number of hydrogen-bond acceptors (Lipinski definition) is 3. The van der Waals surface area contributed by atoms with E-state index in [2.05, 4.69) is 5.32 Å². The van der Waals surface area contributed by atoms with E-state index < -0.39 is 11.6 Å². The molecule has 5 nitrogen and oxygen atoms in total. The van der Waals surface area contributed by atoms with Gasteiger partial charge in [-0.25, -0.2) is 0 Å². The summed E-state index contributed by atoms with van der Waals surface area (Å²) >= 11 is 0. The molecule has 2 rings (SSSR count). The average Bonchev–Trinajstić information content (AvgIpc) is 3.25. The lowest BCUT2D eigenvalue weighted by Crippen LogP contribution is -2.73. The van der Waals surface area contributed by atoms with Crippen molar-refractivity contribution in [3.8, 4) is 0 Å². The van der Waals surface area contributed by atoms with Crippen molar-refractivity contribution < 1.29 is 14.3 Å². The molecule has 2 fully saturated rings. The summed E-state index contributed by atoms with van der Waals surface area (Å²) < 4.78 is 5.15. The summed E-state index contributed by atoms with van der Waals surface area (Å²) in [6.45, 7) is 8.49. The highest BCUT2D eigenvalue weighted by Crippen LogP contribution is 2.46. The second-order valence-corrected chi connectivity index (χ2v) is 6.96. The van der Waals surface area contributed by atoms with Gasteiger partial charge >= 0.3 is 0 Å². The molecule has 0 spiro atoms. The fourth-order valence-corrected chi connectivity index (χ4v) is 3.41. The van der Waals surface area contributed by atoms with E-state index >= 15 is 0 Å². The summed E-state index contributed by atoms with van der Waals surface area (Å²) in [6, 6.07) is -0.398. The molecule has 0 aromatic rings. The first-order valence-corrected chi connectivity index (χ1v) is 7.97. The lowest BCUT2D eigenvalue weighted by atomic mass is 9.84. The summed E-state index contributed by atoms with van der Waals surface area (Å²) in [5.74, 6) is 0.456. The summed E-state index contributed by atoms with van der Waals surface area (Å²) in [5, 5.41) is 2.96. The number of ether oxygens (including phenoxy) is 1. The molecule has 1 aliphatic carbocycles. The SMILES string of the molecule is COCCC(C)N1C(=O)C(C(C)C)NC(=O)C1(C)C1CC1. The Hall–Kier alpha value is -1.10. The normalized spacial score (nSPS) is 31.5. The van der Waals surface area contributed by atoms with Crippen LogP contribution >= 0.6 is 0 Å². The molecule has 3 unspecified atom stereocenters. The van der Waals surface area contributed by atoms with E-state index in [1.807, 2.05) is 32.6 Å². The van der Waals surface area contributed by atoms with Crippen molar-refractivity contribution in [1.82, 2.24) is 10.2 Å². The summed E-state index contributed by atoms with van der Waals surface area (Å²) in [7, 11) is 1.66. The topological polar surface area (TPSA) is 58.6 Å². The minimum Gasteiger partial charge on any atom is -0.385 e. The molecule has 1 aliphatic heterocycles. The van der Waals surface area contributed by atoms with Gasteiger partial charge in [0.15, 0.2) is 0 Å². The Morgan fingerprint density at radius 1 is 1.33 bits per heavy atom. The molecule has 2 amide bonds. The van der Waals surface area contributed by atoms with Crippen molar-refractivity contribution in [2.75, 3.05) is 13.7 Å². The Bertz CT molecular complexity index is 420. The fraction of sp³-hybridized carbons (Fsp3) is 0.875. The van der Waals surface area contributed by atoms with Gasteiger partial charge in [-0.3, -0.25) is 9.59 Å². The molecule has 1 N–H and O–H groups in total.